The molecule has 1 N–H and O–H groups in total. The van der Waals surface area contributed by atoms with Crippen LogP contribution >= 0.6 is 15.9 Å². The van der Waals surface area contributed by atoms with Gasteiger partial charge in [-0.1, -0.05) is 51.1 Å². The van der Waals surface area contributed by atoms with E-state index in [1.165, 1.54) is 6.20 Å². The third-order valence-corrected chi connectivity index (χ3v) is 10.3. The number of pyridine rings is 1. The van der Waals surface area contributed by atoms with Crippen molar-refractivity contribution in [1.29, 1.82) is 0 Å². The standard InChI is InChI=1S/C21H28BrFN2O2Si/c1-4-28(5-2,6-3)27-19(20(23)16-10-8-7-9-11-16)15-25-21(26)17-12-18(22)14-24-13-17/h7-14,19-20H,4-6,15H2,1-3H3,(H,25,26). The monoisotopic (exact) mass is 466 g/mol. The van der Waals surface area contributed by atoms with Crippen molar-refractivity contribution in [1.82, 2.24) is 10.3 Å². The van der Waals surface area contributed by atoms with Crippen molar-refractivity contribution >= 4 is 30.2 Å². The molecule has 2 rings (SSSR count). The van der Waals surface area contributed by atoms with Crippen LogP contribution in [0.15, 0.2) is 53.3 Å². The van der Waals surface area contributed by atoms with Crippen LogP contribution in [0.1, 0.15) is 42.9 Å². The Morgan fingerprint density at radius 2 is 1.82 bits per heavy atom. The van der Waals surface area contributed by atoms with Crippen molar-refractivity contribution in [2.45, 2.75) is 51.2 Å². The highest BCUT2D eigenvalue weighted by Gasteiger charge is 2.36. The van der Waals surface area contributed by atoms with Gasteiger partial charge in [0, 0.05) is 23.4 Å². The van der Waals surface area contributed by atoms with Gasteiger partial charge in [-0.3, -0.25) is 9.78 Å². The Balaban J connectivity index is 2.18. The minimum atomic E-state index is -2.05. The third kappa shape index (κ3) is 5.96. The number of carbonyl (C=O) groups is 1. The first-order valence-electron chi connectivity index (χ1n) is 9.70. The van der Waals surface area contributed by atoms with E-state index in [1.807, 2.05) is 18.2 Å². The summed E-state index contributed by atoms with van der Waals surface area (Å²) in [6, 6.07) is 13.4. The zero-order valence-corrected chi connectivity index (χ0v) is 19.2. The van der Waals surface area contributed by atoms with Crippen molar-refractivity contribution in [3.63, 3.8) is 0 Å². The number of alkyl halides is 1. The third-order valence-electron chi connectivity index (χ3n) is 5.21. The minimum Gasteiger partial charge on any atom is -0.409 e. The largest absolute Gasteiger partial charge is 0.409 e. The van der Waals surface area contributed by atoms with Crippen LogP contribution in [0, 0.1) is 0 Å². The lowest BCUT2D eigenvalue weighted by atomic mass is 10.1. The van der Waals surface area contributed by atoms with E-state index in [9.17, 15) is 4.79 Å². The van der Waals surface area contributed by atoms with E-state index in [2.05, 4.69) is 47.0 Å². The van der Waals surface area contributed by atoms with Gasteiger partial charge in [-0.2, -0.15) is 0 Å². The van der Waals surface area contributed by atoms with Crippen LogP contribution in [0.3, 0.4) is 0 Å². The average Bonchev–Trinajstić information content (AvgIpc) is 2.74. The summed E-state index contributed by atoms with van der Waals surface area (Å²) in [7, 11) is -2.05. The molecule has 0 radical (unpaired) electrons. The summed E-state index contributed by atoms with van der Waals surface area (Å²) in [5.74, 6) is -0.292. The van der Waals surface area contributed by atoms with Crippen molar-refractivity contribution in [3.05, 3.63) is 64.4 Å². The molecule has 4 nitrogen and oxygen atoms in total. The van der Waals surface area contributed by atoms with Gasteiger partial charge in [0.1, 0.15) is 0 Å². The van der Waals surface area contributed by atoms with Crippen molar-refractivity contribution < 1.29 is 13.6 Å². The summed E-state index contributed by atoms with van der Waals surface area (Å²) in [4.78, 5) is 16.5. The van der Waals surface area contributed by atoms with Crippen molar-refractivity contribution in [2.24, 2.45) is 0 Å². The van der Waals surface area contributed by atoms with Crippen molar-refractivity contribution in [2.75, 3.05) is 6.54 Å². The molecule has 0 saturated heterocycles. The smallest absolute Gasteiger partial charge is 0.252 e. The molecular formula is C21H28BrFN2O2Si. The molecule has 2 aromatic rings. The van der Waals surface area contributed by atoms with E-state index in [-0.39, 0.29) is 12.5 Å². The Morgan fingerprint density at radius 1 is 1.18 bits per heavy atom. The molecule has 0 fully saturated rings. The summed E-state index contributed by atoms with van der Waals surface area (Å²) in [5.41, 5.74) is 0.991. The van der Waals surface area contributed by atoms with Crippen LogP contribution in [0.2, 0.25) is 18.1 Å². The van der Waals surface area contributed by atoms with Crippen LogP contribution in [0.25, 0.3) is 0 Å². The number of hydrogen-bond acceptors (Lipinski definition) is 3. The van der Waals surface area contributed by atoms with Crippen LogP contribution in [0.4, 0.5) is 4.39 Å². The number of carbonyl (C=O) groups excluding carboxylic acids is 1. The molecule has 0 bridgehead atoms. The SMILES string of the molecule is CC[Si](CC)(CC)OC(CNC(=O)c1cncc(Br)c1)C(F)c1ccccc1. The van der Waals surface area contributed by atoms with Gasteiger partial charge in [-0.25, -0.2) is 4.39 Å². The quantitative estimate of drug-likeness (QED) is 0.458. The highest BCUT2D eigenvalue weighted by molar-refractivity contribution is 9.10. The highest BCUT2D eigenvalue weighted by Crippen LogP contribution is 2.30. The van der Waals surface area contributed by atoms with Gasteiger partial charge < -0.3 is 9.74 Å². The second-order valence-electron chi connectivity index (χ2n) is 6.81. The molecule has 152 valence electrons. The van der Waals surface area contributed by atoms with Crippen molar-refractivity contribution in [3.8, 4) is 0 Å². The highest BCUT2D eigenvalue weighted by atomic mass is 79.9. The first-order chi connectivity index (χ1) is 13.4. The first kappa shape index (κ1) is 22.7. The lowest BCUT2D eigenvalue weighted by Crippen LogP contribution is -2.46. The van der Waals surface area contributed by atoms with E-state index >= 15 is 4.39 Å². The van der Waals surface area contributed by atoms with Crippen LogP contribution < -0.4 is 5.32 Å². The summed E-state index contributed by atoms with van der Waals surface area (Å²) in [5, 5.41) is 2.83. The molecule has 0 saturated carbocycles. The number of nitrogens with zero attached hydrogens (tertiary/aromatic N) is 1. The van der Waals surface area contributed by atoms with Crippen LogP contribution in [-0.2, 0) is 4.43 Å². The Kier molecular flexibility index (Phi) is 8.79. The second-order valence-corrected chi connectivity index (χ2v) is 12.5. The average molecular weight is 467 g/mol. The molecule has 0 spiro atoms. The molecule has 0 aliphatic heterocycles. The zero-order valence-electron chi connectivity index (χ0n) is 16.6. The number of benzene rings is 1. The molecule has 28 heavy (non-hydrogen) atoms. The summed E-state index contributed by atoms with van der Waals surface area (Å²) in [6.45, 7) is 6.43. The topological polar surface area (TPSA) is 51.2 Å². The van der Waals surface area contributed by atoms with Gasteiger partial charge in [-0.05, 0) is 45.7 Å². The summed E-state index contributed by atoms with van der Waals surface area (Å²) < 4.78 is 22.5. The van der Waals surface area contributed by atoms with Gasteiger partial charge in [0.05, 0.1) is 11.7 Å². The summed E-state index contributed by atoms with van der Waals surface area (Å²) in [6.07, 6.45) is 1.07. The maximum Gasteiger partial charge on any atom is 0.252 e. The molecule has 7 heteroatoms. The van der Waals surface area contributed by atoms with E-state index in [0.29, 0.717) is 11.1 Å². The molecular weight excluding hydrogens is 439 g/mol. The number of aromatic nitrogens is 1. The normalized spacial score (nSPS) is 13.8. The molecule has 1 amide bonds. The maximum absolute atomic E-state index is 15.4. The second kappa shape index (κ2) is 10.8. The Morgan fingerprint density at radius 3 is 2.39 bits per heavy atom. The number of hydrogen-bond donors (Lipinski definition) is 1. The molecule has 1 aromatic carbocycles. The van der Waals surface area contributed by atoms with E-state index in [4.69, 9.17) is 4.43 Å². The first-order valence-corrected chi connectivity index (χ1v) is 13.0. The number of amides is 1. The predicted octanol–water partition coefficient (Wildman–Crippen LogP) is 5.68. The van der Waals surface area contributed by atoms with E-state index in [1.54, 1.807) is 24.4 Å². The molecule has 0 aliphatic carbocycles. The lowest BCUT2D eigenvalue weighted by Gasteiger charge is -2.35. The fourth-order valence-electron chi connectivity index (χ4n) is 3.21. The molecule has 1 aromatic heterocycles. The molecule has 1 heterocycles. The maximum atomic E-state index is 15.4. The number of rotatable bonds is 10. The van der Waals surface area contributed by atoms with E-state index < -0.39 is 20.6 Å². The van der Waals surface area contributed by atoms with Gasteiger partial charge in [0.25, 0.3) is 5.91 Å². The number of nitrogens with one attached hydrogen (secondary N) is 1. The number of halogens is 2. The van der Waals surface area contributed by atoms with Gasteiger partial charge in [0.2, 0.25) is 0 Å². The minimum absolute atomic E-state index is 0.107. The Hall–Kier alpha value is -1.57. The van der Waals surface area contributed by atoms with E-state index in [0.717, 1.165) is 22.6 Å². The summed E-state index contributed by atoms with van der Waals surface area (Å²) >= 11 is 3.31. The van der Waals surface area contributed by atoms with Gasteiger partial charge in [-0.15, -0.1) is 0 Å². The van der Waals surface area contributed by atoms with Gasteiger partial charge >= 0.3 is 0 Å². The fraction of sp³-hybridized carbons (Fsp3) is 0.429. The van der Waals surface area contributed by atoms with Gasteiger partial charge in [0.15, 0.2) is 14.5 Å². The van der Waals surface area contributed by atoms with Crippen LogP contribution in [0.5, 0.6) is 0 Å². The lowest BCUT2D eigenvalue weighted by molar-refractivity contribution is 0.0767. The molecule has 0 aliphatic rings. The zero-order chi connectivity index (χ0) is 20.6. The van der Waals surface area contributed by atoms with Crippen LogP contribution in [-0.4, -0.2) is 31.9 Å². The molecule has 2 unspecified atom stereocenters. The Labute approximate surface area is 176 Å². The predicted molar refractivity (Wildman–Crippen MR) is 117 cm³/mol. The Bertz CT molecular complexity index is 751. The fourth-order valence-corrected chi connectivity index (χ4v) is 6.42. The molecule has 2 atom stereocenters.